The second-order valence-electron chi connectivity index (χ2n) is 6.42. The number of carbonyl (C=O) groups excluding carboxylic acids is 1. The molecule has 0 saturated carbocycles. The Hall–Kier alpha value is -2.54. The normalized spacial score (nSPS) is 12.1. The molecule has 0 aliphatic rings. The number of carbonyl (C=O) groups is 1. The first kappa shape index (κ1) is 19.2. The summed E-state index contributed by atoms with van der Waals surface area (Å²) in [7, 11) is 0. The largest absolute Gasteiger partial charge is 0.484 e. The average Bonchev–Trinajstić information content (AvgIpc) is 3.10. The lowest BCUT2D eigenvalue weighted by Crippen LogP contribution is -2.34. The van der Waals surface area contributed by atoms with Crippen molar-refractivity contribution in [3.05, 3.63) is 59.5 Å². The van der Waals surface area contributed by atoms with Crippen molar-refractivity contribution in [3.63, 3.8) is 0 Å². The zero-order valence-corrected chi connectivity index (χ0v) is 16.6. The second-order valence-corrected chi connectivity index (χ2v) is 7.41. The molecule has 0 radical (unpaired) electrons. The maximum atomic E-state index is 12.5. The van der Waals surface area contributed by atoms with E-state index in [1.54, 1.807) is 11.8 Å². The van der Waals surface area contributed by atoms with Gasteiger partial charge < -0.3 is 10.1 Å². The molecule has 2 heterocycles. The summed E-state index contributed by atoms with van der Waals surface area (Å²) in [6.45, 7) is 4.04. The number of rotatable bonds is 8. The molecule has 0 spiro atoms. The van der Waals surface area contributed by atoms with E-state index in [1.807, 2.05) is 67.1 Å². The summed E-state index contributed by atoms with van der Waals surface area (Å²) in [6.07, 6.45) is 4.73. The molecule has 3 rings (SSSR count). The van der Waals surface area contributed by atoms with E-state index in [4.69, 9.17) is 4.74 Å². The lowest BCUT2D eigenvalue weighted by atomic mass is 10.1. The maximum Gasteiger partial charge on any atom is 0.258 e. The van der Waals surface area contributed by atoms with Crippen LogP contribution in [-0.2, 0) is 4.79 Å². The molecule has 6 nitrogen and oxygen atoms in total. The summed E-state index contributed by atoms with van der Waals surface area (Å²) >= 11 is 1.73. The Morgan fingerprint density at radius 3 is 2.85 bits per heavy atom. The van der Waals surface area contributed by atoms with Crippen LogP contribution in [0.5, 0.6) is 5.75 Å². The predicted octanol–water partition coefficient (Wildman–Crippen LogP) is 3.34. The third-order valence-corrected chi connectivity index (χ3v) is 5.09. The van der Waals surface area contributed by atoms with Gasteiger partial charge in [-0.25, -0.2) is 0 Å². The highest BCUT2D eigenvalue weighted by atomic mass is 32.2. The number of thioether (sulfide) groups is 1. The number of nitrogens with one attached hydrogen (secondary N) is 1. The monoisotopic (exact) mass is 384 g/mol. The molecule has 1 amide bonds. The summed E-state index contributed by atoms with van der Waals surface area (Å²) in [5.74, 6) is 2.16. The van der Waals surface area contributed by atoms with Gasteiger partial charge in [-0.2, -0.15) is 11.8 Å². The van der Waals surface area contributed by atoms with E-state index < -0.39 is 0 Å². The highest BCUT2D eigenvalue weighted by Crippen LogP contribution is 2.19. The highest BCUT2D eigenvalue weighted by Gasteiger charge is 2.20. The van der Waals surface area contributed by atoms with Crippen LogP contribution >= 0.6 is 11.8 Å². The van der Waals surface area contributed by atoms with E-state index in [1.165, 1.54) is 5.56 Å². The van der Waals surface area contributed by atoms with Gasteiger partial charge in [-0.3, -0.25) is 9.20 Å². The van der Waals surface area contributed by atoms with Crippen LogP contribution in [0.2, 0.25) is 0 Å². The smallest absolute Gasteiger partial charge is 0.258 e. The molecule has 2 aromatic heterocycles. The van der Waals surface area contributed by atoms with Crippen molar-refractivity contribution < 1.29 is 9.53 Å². The van der Waals surface area contributed by atoms with Crippen molar-refractivity contribution >= 4 is 23.3 Å². The molecular formula is C20H24N4O2S. The standard InChI is InChI=1S/C20H24N4O2S/c1-14-7-8-16(12-15(14)2)26-13-19(25)21-17(9-11-27-3)20-23-22-18-6-4-5-10-24(18)20/h4-8,10,12,17H,9,11,13H2,1-3H3,(H,21,25)/t17-/m0/s1. The van der Waals surface area contributed by atoms with Crippen LogP contribution in [0.1, 0.15) is 29.4 Å². The van der Waals surface area contributed by atoms with Crippen molar-refractivity contribution in [3.8, 4) is 5.75 Å². The molecule has 0 bridgehead atoms. The van der Waals surface area contributed by atoms with E-state index in [9.17, 15) is 4.79 Å². The molecule has 27 heavy (non-hydrogen) atoms. The number of aryl methyl sites for hydroxylation is 2. The number of pyridine rings is 1. The van der Waals surface area contributed by atoms with Crippen LogP contribution in [-0.4, -0.2) is 39.1 Å². The van der Waals surface area contributed by atoms with Crippen LogP contribution < -0.4 is 10.1 Å². The summed E-state index contributed by atoms with van der Waals surface area (Å²) in [4.78, 5) is 12.5. The molecule has 3 aromatic rings. The van der Waals surface area contributed by atoms with Crippen LogP contribution in [0.3, 0.4) is 0 Å². The number of ether oxygens (including phenoxy) is 1. The van der Waals surface area contributed by atoms with Gasteiger partial charge in [0.1, 0.15) is 5.75 Å². The van der Waals surface area contributed by atoms with E-state index >= 15 is 0 Å². The quantitative estimate of drug-likeness (QED) is 0.645. The number of aromatic nitrogens is 3. The Labute approximate surface area is 163 Å². The number of hydrogen-bond acceptors (Lipinski definition) is 5. The van der Waals surface area contributed by atoms with Crippen LogP contribution in [0, 0.1) is 13.8 Å². The van der Waals surface area contributed by atoms with Gasteiger partial charge in [0.2, 0.25) is 0 Å². The molecule has 142 valence electrons. The SMILES string of the molecule is CSCC[C@H](NC(=O)COc1ccc(C)c(C)c1)c1nnc2ccccn12. The van der Waals surface area contributed by atoms with E-state index in [0.717, 1.165) is 29.2 Å². The number of benzene rings is 1. The highest BCUT2D eigenvalue weighted by molar-refractivity contribution is 7.98. The van der Waals surface area contributed by atoms with Gasteiger partial charge in [0.25, 0.3) is 5.91 Å². The molecule has 0 aliphatic heterocycles. The van der Waals surface area contributed by atoms with E-state index in [0.29, 0.717) is 5.75 Å². The molecule has 7 heteroatoms. The first-order valence-electron chi connectivity index (χ1n) is 8.86. The van der Waals surface area contributed by atoms with Gasteiger partial charge in [0, 0.05) is 6.20 Å². The summed E-state index contributed by atoms with van der Waals surface area (Å²) in [6, 6.07) is 11.3. The van der Waals surface area contributed by atoms with Crippen molar-refractivity contribution in [1.82, 2.24) is 19.9 Å². The topological polar surface area (TPSA) is 68.5 Å². The minimum Gasteiger partial charge on any atom is -0.484 e. The van der Waals surface area contributed by atoms with Crippen LogP contribution in [0.4, 0.5) is 0 Å². The first-order valence-corrected chi connectivity index (χ1v) is 10.3. The van der Waals surface area contributed by atoms with Crippen molar-refractivity contribution in [1.29, 1.82) is 0 Å². The molecule has 0 aliphatic carbocycles. The molecule has 0 unspecified atom stereocenters. The number of fused-ring (bicyclic) bond motifs is 1. The molecule has 1 aromatic carbocycles. The third kappa shape index (κ3) is 4.80. The summed E-state index contributed by atoms with van der Waals surface area (Å²) < 4.78 is 7.57. The fourth-order valence-corrected chi connectivity index (χ4v) is 3.26. The number of hydrogen-bond donors (Lipinski definition) is 1. The lowest BCUT2D eigenvalue weighted by molar-refractivity contribution is -0.123. The first-order chi connectivity index (χ1) is 13.1. The van der Waals surface area contributed by atoms with Gasteiger partial charge >= 0.3 is 0 Å². The summed E-state index contributed by atoms with van der Waals surface area (Å²) in [5, 5.41) is 11.5. The fraction of sp³-hybridized carbons (Fsp3) is 0.350. The molecular weight excluding hydrogens is 360 g/mol. The molecule has 1 atom stereocenters. The fourth-order valence-electron chi connectivity index (χ4n) is 2.79. The third-order valence-electron chi connectivity index (χ3n) is 4.45. The van der Waals surface area contributed by atoms with Gasteiger partial charge in [0.05, 0.1) is 6.04 Å². The van der Waals surface area contributed by atoms with Gasteiger partial charge in [-0.1, -0.05) is 12.1 Å². The van der Waals surface area contributed by atoms with Gasteiger partial charge in [0.15, 0.2) is 18.1 Å². The Bertz CT molecular complexity index is 925. The Morgan fingerprint density at radius 2 is 2.07 bits per heavy atom. The number of amides is 1. The molecule has 0 saturated heterocycles. The molecule has 1 N–H and O–H groups in total. The maximum absolute atomic E-state index is 12.5. The Balaban J connectivity index is 1.68. The summed E-state index contributed by atoms with van der Waals surface area (Å²) in [5.41, 5.74) is 3.10. The van der Waals surface area contributed by atoms with E-state index in [2.05, 4.69) is 15.5 Å². The Morgan fingerprint density at radius 1 is 1.22 bits per heavy atom. The van der Waals surface area contributed by atoms with Crippen LogP contribution in [0.15, 0.2) is 42.6 Å². The average molecular weight is 385 g/mol. The van der Waals surface area contributed by atoms with Gasteiger partial charge in [-0.15, -0.1) is 10.2 Å². The zero-order chi connectivity index (χ0) is 19.2. The number of nitrogens with zero attached hydrogens (tertiary/aromatic N) is 3. The Kier molecular flexibility index (Phi) is 6.34. The second kappa shape index (κ2) is 8.90. The van der Waals surface area contributed by atoms with Crippen molar-refractivity contribution in [2.45, 2.75) is 26.3 Å². The minimum atomic E-state index is -0.217. The molecule has 0 fully saturated rings. The predicted molar refractivity (Wildman–Crippen MR) is 108 cm³/mol. The van der Waals surface area contributed by atoms with E-state index in [-0.39, 0.29) is 18.6 Å². The van der Waals surface area contributed by atoms with Crippen molar-refractivity contribution in [2.75, 3.05) is 18.6 Å². The minimum absolute atomic E-state index is 0.0327. The lowest BCUT2D eigenvalue weighted by Gasteiger charge is -2.17. The van der Waals surface area contributed by atoms with Crippen molar-refractivity contribution in [2.24, 2.45) is 0 Å². The zero-order valence-electron chi connectivity index (χ0n) is 15.8. The van der Waals surface area contributed by atoms with Crippen LogP contribution in [0.25, 0.3) is 5.65 Å². The van der Waals surface area contributed by atoms with Gasteiger partial charge in [-0.05, 0) is 67.7 Å².